The number of aliphatic hydroxyl groups excluding tert-OH is 1. The van der Waals surface area contributed by atoms with Gasteiger partial charge in [-0.2, -0.15) is 6.07 Å². The van der Waals surface area contributed by atoms with Crippen LogP contribution in [-0.4, -0.2) is 23.8 Å². The molecular weight excluding hydrogens is 447 g/mol. The third-order valence-corrected chi connectivity index (χ3v) is 5.85. The molecule has 0 aliphatic carbocycles. The van der Waals surface area contributed by atoms with Crippen molar-refractivity contribution in [1.29, 1.82) is 0 Å². The maximum absolute atomic E-state index is 12.3. The van der Waals surface area contributed by atoms with Crippen LogP contribution in [0.15, 0.2) is 36.4 Å². The van der Waals surface area contributed by atoms with E-state index in [1.165, 1.54) is 4.88 Å². The minimum Gasteiger partial charge on any atom is -0.388 e. The minimum atomic E-state index is -0.436. The summed E-state index contributed by atoms with van der Waals surface area (Å²) >= 11 is 1.64. The van der Waals surface area contributed by atoms with Crippen molar-refractivity contribution < 1.29 is 47.3 Å². The SMILES string of the molecule is CCCCCC(O)c1ccc(N2C(=O)COC2CCCc2cc[c-]s2)cc1.[Y]. The number of anilines is 1. The van der Waals surface area contributed by atoms with Gasteiger partial charge in [0.05, 0.1) is 6.10 Å². The molecule has 1 aromatic carbocycles. The van der Waals surface area contributed by atoms with Crippen LogP contribution in [0.2, 0.25) is 0 Å². The van der Waals surface area contributed by atoms with Gasteiger partial charge in [0.25, 0.3) is 5.91 Å². The van der Waals surface area contributed by atoms with Crippen LogP contribution < -0.4 is 4.90 Å². The number of aryl methyl sites for hydroxylation is 1. The average Bonchev–Trinajstić information content (AvgIpc) is 3.32. The molecule has 1 fully saturated rings. The van der Waals surface area contributed by atoms with Crippen LogP contribution in [0.25, 0.3) is 0 Å². The van der Waals surface area contributed by atoms with Crippen LogP contribution in [-0.2, 0) is 48.7 Å². The number of thiophene rings is 1. The first-order valence-electron chi connectivity index (χ1n) is 9.85. The van der Waals surface area contributed by atoms with Crippen LogP contribution in [0.3, 0.4) is 0 Å². The van der Waals surface area contributed by atoms with E-state index in [4.69, 9.17) is 4.74 Å². The zero-order valence-electron chi connectivity index (χ0n) is 16.5. The second-order valence-electron chi connectivity index (χ2n) is 7.04. The van der Waals surface area contributed by atoms with E-state index in [-0.39, 0.29) is 51.5 Å². The largest absolute Gasteiger partial charge is 0.388 e. The van der Waals surface area contributed by atoms with Crippen molar-refractivity contribution in [3.8, 4) is 0 Å². The number of nitrogens with zero attached hydrogens (tertiary/aromatic N) is 1. The first-order chi connectivity index (χ1) is 13.2. The molecule has 1 N–H and O–H groups in total. The Kier molecular flexibility index (Phi) is 10.3. The Morgan fingerprint density at radius 1 is 1.25 bits per heavy atom. The second kappa shape index (κ2) is 12.2. The zero-order chi connectivity index (χ0) is 19.1. The number of carbonyl (C=O) groups is 1. The Morgan fingerprint density at radius 3 is 2.71 bits per heavy atom. The van der Waals surface area contributed by atoms with Crippen molar-refractivity contribution >= 4 is 22.9 Å². The fourth-order valence-corrected chi connectivity index (χ4v) is 4.13. The topological polar surface area (TPSA) is 49.8 Å². The molecular formula is C22H28NO3SY-. The van der Waals surface area contributed by atoms with Crippen LogP contribution >= 0.6 is 11.3 Å². The fraction of sp³-hybridized carbons (Fsp3) is 0.500. The van der Waals surface area contributed by atoms with Gasteiger partial charge in [-0.15, -0.1) is 10.3 Å². The van der Waals surface area contributed by atoms with Crippen LogP contribution in [0, 0.1) is 5.38 Å². The molecule has 1 aliphatic rings. The van der Waals surface area contributed by atoms with Gasteiger partial charge < -0.3 is 21.2 Å². The second-order valence-corrected chi connectivity index (χ2v) is 8.01. The number of hydrogen-bond acceptors (Lipinski definition) is 4. The number of aliphatic hydroxyl groups is 1. The Morgan fingerprint density at radius 2 is 2.04 bits per heavy atom. The molecule has 4 nitrogen and oxygen atoms in total. The molecule has 2 heterocycles. The van der Waals surface area contributed by atoms with Crippen molar-refractivity contribution in [3.05, 3.63) is 52.2 Å². The summed E-state index contributed by atoms with van der Waals surface area (Å²) in [4.78, 5) is 15.4. The van der Waals surface area contributed by atoms with Gasteiger partial charge in [0.2, 0.25) is 0 Å². The van der Waals surface area contributed by atoms with Gasteiger partial charge >= 0.3 is 0 Å². The van der Waals surface area contributed by atoms with Gasteiger partial charge in [-0.25, -0.2) is 6.07 Å². The van der Waals surface area contributed by atoms with Gasteiger partial charge in [-0.1, -0.05) is 51.2 Å². The molecule has 1 aromatic heterocycles. The Labute approximate surface area is 197 Å². The summed E-state index contributed by atoms with van der Waals surface area (Å²) < 4.78 is 5.72. The van der Waals surface area contributed by atoms with Gasteiger partial charge in [-0.05, 0) is 30.5 Å². The minimum absolute atomic E-state index is 0. The van der Waals surface area contributed by atoms with Crippen molar-refractivity contribution in [2.75, 3.05) is 11.5 Å². The summed E-state index contributed by atoms with van der Waals surface area (Å²) in [5.74, 6) is 0.000649. The number of carbonyl (C=O) groups excluding carboxylic acids is 1. The maximum Gasteiger partial charge on any atom is 0.255 e. The molecule has 149 valence electrons. The molecule has 6 heteroatoms. The van der Waals surface area contributed by atoms with E-state index in [9.17, 15) is 9.90 Å². The number of rotatable bonds is 10. The Hall–Kier alpha value is -0.586. The van der Waals surface area contributed by atoms with Gasteiger partial charge in [0, 0.05) is 38.4 Å². The number of hydrogen-bond donors (Lipinski definition) is 1. The maximum atomic E-state index is 12.3. The molecule has 0 spiro atoms. The molecule has 2 aromatic rings. The molecule has 0 saturated carbocycles. The average molecular weight is 475 g/mol. The quantitative estimate of drug-likeness (QED) is 0.394. The zero-order valence-corrected chi connectivity index (χ0v) is 20.1. The van der Waals surface area contributed by atoms with Crippen molar-refractivity contribution in [2.24, 2.45) is 0 Å². The number of ether oxygens (including phenoxy) is 1. The first kappa shape index (κ1) is 23.7. The number of amides is 1. The molecule has 2 atom stereocenters. The van der Waals surface area contributed by atoms with E-state index in [1.807, 2.05) is 30.3 Å². The van der Waals surface area contributed by atoms with Gasteiger partial charge in [-0.3, -0.25) is 9.69 Å². The summed E-state index contributed by atoms with van der Waals surface area (Å²) in [7, 11) is 0. The van der Waals surface area contributed by atoms with E-state index < -0.39 is 6.10 Å². The van der Waals surface area contributed by atoms with E-state index >= 15 is 0 Å². The summed E-state index contributed by atoms with van der Waals surface area (Å²) in [6.07, 6.45) is 6.22. The monoisotopic (exact) mass is 475 g/mol. The molecule has 3 rings (SSSR count). The molecule has 0 bridgehead atoms. The third kappa shape index (κ3) is 6.46. The van der Waals surface area contributed by atoms with E-state index in [0.29, 0.717) is 0 Å². The molecule has 1 aliphatic heterocycles. The third-order valence-electron chi connectivity index (χ3n) is 4.99. The van der Waals surface area contributed by atoms with E-state index in [0.717, 1.165) is 56.2 Å². The molecule has 1 saturated heterocycles. The smallest absolute Gasteiger partial charge is 0.255 e. The number of benzene rings is 1. The van der Waals surface area contributed by atoms with Crippen molar-refractivity contribution in [1.82, 2.24) is 0 Å². The first-order valence-corrected chi connectivity index (χ1v) is 10.7. The summed E-state index contributed by atoms with van der Waals surface area (Å²) in [6, 6.07) is 11.7. The van der Waals surface area contributed by atoms with E-state index in [1.54, 1.807) is 16.2 Å². The van der Waals surface area contributed by atoms with E-state index in [2.05, 4.69) is 18.4 Å². The predicted octanol–water partition coefficient (Wildman–Crippen LogP) is 4.87. The van der Waals surface area contributed by atoms with Crippen LogP contribution in [0.5, 0.6) is 0 Å². The van der Waals surface area contributed by atoms with Crippen molar-refractivity contribution in [3.63, 3.8) is 0 Å². The Bertz CT molecular complexity index is 705. The number of unbranched alkanes of at least 4 members (excludes halogenated alkanes) is 2. The summed E-state index contributed by atoms with van der Waals surface area (Å²) in [5, 5.41) is 13.4. The normalized spacial score (nSPS) is 17.6. The molecule has 1 radical (unpaired) electrons. The molecule has 2 unspecified atom stereocenters. The van der Waals surface area contributed by atoms with Crippen molar-refractivity contribution in [2.45, 2.75) is 64.2 Å². The summed E-state index contributed by atoms with van der Waals surface area (Å²) in [5.41, 5.74) is 1.75. The summed E-state index contributed by atoms with van der Waals surface area (Å²) in [6.45, 7) is 2.30. The van der Waals surface area contributed by atoms with Gasteiger partial charge in [0.15, 0.2) is 0 Å². The fourth-order valence-electron chi connectivity index (χ4n) is 3.46. The molecule has 28 heavy (non-hydrogen) atoms. The Balaban J connectivity index is 0.00000280. The van der Waals surface area contributed by atoms with Crippen LogP contribution in [0.4, 0.5) is 5.69 Å². The van der Waals surface area contributed by atoms with Gasteiger partial charge in [0.1, 0.15) is 12.8 Å². The standard InChI is InChI=1S/C22H28NO3S.Y/c1-2-3-4-9-20(24)17-11-13-18(14-12-17)23-21(25)16-26-22(23)10-5-7-19-8-6-15-27-19;/h6,8,11-14,20,22,24H,2-5,7,9-10,16H2,1H3;/q-1;. The predicted molar refractivity (Wildman–Crippen MR) is 109 cm³/mol. The molecule has 1 amide bonds. The van der Waals surface area contributed by atoms with Crippen LogP contribution in [0.1, 0.15) is 62.0 Å².